The maximum absolute atomic E-state index is 4.92. The molecule has 0 aliphatic carbocycles. The van der Waals surface area contributed by atoms with Crippen LogP contribution in [0.1, 0.15) is 131 Å². The van der Waals surface area contributed by atoms with Crippen LogP contribution >= 0.6 is 0 Å². The lowest BCUT2D eigenvalue weighted by Crippen LogP contribution is -2.26. The van der Waals surface area contributed by atoms with Gasteiger partial charge in [0.1, 0.15) is 5.82 Å². The zero-order valence-electron chi connectivity index (χ0n) is 29.7. The first kappa shape index (κ1) is 67.6. The molecule has 0 unspecified atom stereocenters. The highest BCUT2D eigenvalue weighted by molar-refractivity contribution is 5.80. The first-order valence-electron chi connectivity index (χ1n) is 14.7. The fourth-order valence-corrected chi connectivity index (χ4v) is 1.51. The zero-order chi connectivity index (χ0) is 33.4. The van der Waals surface area contributed by atoms with E-state index in [2.05, 4.69) is 55.6 Å². The van der Waals surface area contributed by atoms with E-state index in [1.54, 1.807) is 19.3 Å². The maximum Gasteiger partial charge on any atom is 0.102 e. The molecule has 2 aliphatic rings. The van der Waals surface area contributed by atoms with Crippen LogP contribution in [0.25, 0.3) is 0 Å². The van der Waals surface area contributed by atoms with Gasteiger partial charge >= 0.3 is 0 Å². The predicted molar refractivity (Wildman–Crippen MR) is 209 cm³/mol. The molecule has 0 bridgehead atoms. The highest BCUT2D eigenvalue weighted by Gasteiger charge is 1.94. The number of nitrogens with one attached hydrogen (secondary N) is 4. The Balaban J connectivity index is -0.0000000361. The van der Waals surface area contributed by atoms with E-state index in [1.165, 1.54) is 12.0 Å². The van der Waals surface area contributed by atoms with Crippen LogP contribution in [0, 0.1) is 6.92 Å². The van der Waals surface area contributed by atoms with Crippen molar-refractivity contribution in [3.8, 4) is 0 Å². The summed E-state index contributed by atoms with van der Waals surface area (Å²) in [5.41, 5.74) is 7.75. The molecule has 6 N–H and O–H groups in total. The van der Waals surface area contributed by atoms with Crippen LogP contribution in [0.5, 0.6) is 0 Å². The van der Waals surface area contributed by atoms with Crippen molar-refractivity contribution in [1.82, 2.24) is 25.9 Å². The molecule has 0 aromatic carbocycles. The van der Waals surface area contributed by atoms with Gasteiger partial charge in [0.15, 0.2) is 0 Å². The van der Waals surface area contributed by atoms with E-state index < -0.39 is 0 Å². The largest absolute Gasteiger partial charge is 0.403 e. The topological polar surface area (TPSA) is 116 Å². The lowest BCUT2D eigenvalue weighted by Gasteiger charge is -2.08. The number of amidine groups is 2. The van der Waals surface area contributed by atoms with E-state index in [-0.39, 0.29) is 22.3 Å². The van der Waals surface area contributed by atoms with E-state index >= 15 is 0 Å². The fraction of sp³-hybridized carbons (Fsp3) is 0.686. The molecule has 1 aromatic rings. The SMILES string of the molecule is C.C.C.C=C(C)C.C=C(C)N.C=C(C)NC.CC.CC.CC.CC.CC1=NCCCN1.CC1=NCCN1.Cc1ncc[nH]1. The lowest BCUT2D eigenvalue weighted by molar-refractivity contribution is 0.739. The minimum Gasteiger partial charge on any atom is -0.403 e. The average Bonchev–Trinajstić information content (AvgIpc) is 3.63. The van der Waals surface area contributed by atoms with Crippen molar-refractivity contribution >= 4 is 11.7 Å². The van der Waals surface area contributed by atoms with Crippen LogP contribution in [0.4, 0.5) is 0 Å². The van der Waals surface area contributed by atoms with Crippen molar-refractivity contribution in [1.29, 1.82) is 0 Å². The van der Waals surface area contributed by atoms with Crippen LogP contribution < -0.4 is 21.7 Å². The lowest BCUT2D eigenvalue weighted by atomic mass is 10.4. The third-order valence-corrected chi connectivity index (χ3v) is 2.97. The molecule has 43 heavy (non-hydrogen) atoms. The second kappa shape index (κ2) is 66.9. The number of rotatable bonds is 1. The number of allylic oxidation sites excluding steroid dienone is 3. The molecule has 8 nitrogen and oxygen atoms in total. The Morgan fingerprint density at radius 3 is 1.16 bits per heavy atom. The van der Waals surface area contributed by atoms with E-state index in [4.69, 9.17) is 5.73 Å². The first-order chi connectivity index (χ1) is 18.9. The van der Waals surface area contributed by atoms with E-state index in [1.807, 2.05) is 104 Å². The summed E-state index contributed by atoms with van der Waals surface area (Å²) in [6.45, 7) is 44.1. The highest BCUT2D eigenvalue weighted by atomic mass is 15.1. The van der Waals surface area contributed by atoms with Gasteiger partial charge in [-0.2, -0.15) is 0 Å². The number of aromatic nitrogens is 2. The smallest absolute Gasteiger partial charge is 0.102 e. The summed E-state index contributed by atoms with van der Waals surface area (Å²) in [5, 5.41) is 9.03. The van der Waals surface area contributed by atoms with Crippen molar-refractivity contribution in [2.75, 3.05) is 33.2 Å². The number of hydrogen-bond acceptors (Lipinski definition) is 7. The number of nitrogens with zero attached hydrogens (tertiary/aromatic N) is 3. The summed E-state index contributed by atoms with van der Waals surface area (Å²) in [7, 11) is 1.85. The van der Waals surface area contributed by atoms with Gasteiger partial charge in [0.25, 0.3) is 0 Å². The van der Waals surface area contributed by atoms with Crippen LogP contribution in [0.2, 0.25) is 0 Å². The number of H-pyrrole nitrogens is 1. The molecule has 0 amide bonds. The Hall–Kier alpha value is -3.03. The Morgan fingerprint density at radius 2 is 1.07 bits per heavy atom. The normalized spacial score (nSPS) is 9.86. The molecule has 264 valence electrons. The fourth-order valence-electron chi connectivity index (χ4n) is 1.51. The second-order valence-electron chi connectivity index (χ2n) is 7.40. The van der Waals surface area contributed by atoms with Crippen LogP contribution in [-0.4, -0.2) is 54.9 Å². The van der Waals surface area contributed by atoms with Gasteiger partial charge in [0.2, 0.25) is 0 Å². The number of aromatic amines is 1. The Morgan fingerprint density at radius 1 is 0.744 bits per heavy atom. The van der Waals surface area contributed by atoms with Crippen molar-refractivity contribution in [3.05, 3.63) is 54.9 Å². The Labute approximate surface area is 273 Å². The summed E-state index contributed by atoms with van der Waals surface area (Å²) in [6, 6.07) is 0. The molecule has 0 saturated heterocycles. The number of imidazole rings is 1. The van der Waals surface area contributed by atoms with Gasteiger partial charge in [-0.1, -0.05) is 96.4 Å². The molecular formula is C35H84N8. The van der Waals surface area contributed by atoms with E-state index in [9.17, 15) is 0 Å². The van der Waals surface area contributed by atoms with Gasteiger partial charge in [-0.05, 0) is 66.3 Å². The Kier molecular flexibility index (Phi) is 105. The van der Waals surface area contributed by atoms with Crippen molar-refractivity contribution in [2.24, 2.45) is 15.7 Å². The van der Waals surface area contributed by atoms with Crippen molar-refractivity contribution in [3.63, 3.8) is 0 Å². The molecule has 1 aromatic heterocycles. The van der Waals surface area contributed by atoms with Crippen molar-refractivity contribution in [2.45, 2.75) is 133 Å². The molecule has 2 aliphatic heterocycles. The molecule has 0 fully saturated rings. The van der Waals surface area contributed by atoms with Crippen LogP contribution in [0.3, 0.4) is 0 Å². The van der Waals surface area contributed by atoms with E-state index in [0.29, 0.717) is 5.70 Å². The maximum atomic E-state index is 4.92. The summed E-state index contributed by atoms with van der Waals surface area (Å²) >= 11 is 0. The van der Waals surface area contributed by atoms with Gasteiger partial charge in [0, 0.05) is 39.1 Å². The number of aliphatic imine (C=N–C) groups is 2. The van der Waals surface area contributed by atoms with Gasteiger partial charge in [-0.25, -0.2) is 4.98 Å². The zero-order valence-corrected chi connectivity index (χ0v) is 29.7. The first-order valence-corrected chi connectivity index (χ1v) is 14.7. The summed E-state index contributed by atoms with van der Waals surface area (Å²) in [4.78, 5) is 14.9. The predicted octanol–water partition coefficient (Wildman–Crippen LogP) is 9.94. The molecule has 3 rings (SSSR count). The van der Waals surface area contributed by atoms with Gasteiger partial charge in [-0.3, -0.25) is 9.98 Å². The molecule has 0 radical (unpaired) electrons. The second-order valence-corrected chi connectivity index (χ2v) is 7.40. The third kappa shape index (κ3) is 121. The Bertz CT molecular complexity index is 641. The number of nitrogens with two attached hydrogens (primary N) is 1. The van der Waals surface area contributed by atoms with Crippen molar-refractivity contribution < 1.29 is 0 Å². The number of hydrogen-bond donors (Lipinski definition) is 5. The standard InChI is InChI=1S/C5H10N2.C4H8N2.C4H6N2.C4H9N.C4H8.C3H7N.4C2H6.3CH4/c1-5-6-3-2-4-7-5;2*1-4-5-2-3-6-4;1-4(2)5-3;1-4(2)3;1-3(2)4;4*1-2;;;/h2-4H2,1H3,(H,6,7);2-3H2,1H3,(H,5,6);2-3H,1H3,(H,5,6);5H,1H2,2-3H3;1H2,2-3H3;1,4H2,2H3;4*1-2H3;3*1H4. The minimum absolute atomic E-state index is 0. The third-order valence-electron chi connectivity index (χ3n) is 2.97. The van der Waals surface area contributed by atoms with Crippen LogP contribution in [-0.2, 0) is 0 Å². The quantitative estimate of drug-likeness (QED) is 0.201. The van der Waals surface area contributed by atoms with Gasteiger partial charge in [-0.15, -0.1) is 6.58 Å². The minimum atomic E-state index is 0. The average molecular weight is 617 g/mol. The highest BCUT2D eigenvalue weighted by Crippen LogP contribution is 1.86. The molecule has 0 atom stereocenters. The van der Waals surface area contributed by atoms with Gasteiger partial charge in [0.05, 0.1) is 18.2 Å². The molecule has 8 heteroatoms. The van der Waals surface area contributed by atoms with Gasteiger partial charge < -0.3 is 26.7 Å². The summed E-state index contributed by atoms with van der Waals surface area (Å²) in [5.74, 6) is 3.14. The monoisotopic (exact) mass is 617 g/mol. The molecule has 3 heterocycles. The summed E-state index contributed by atoms with van der Waals surface area (Å²) < 4.78 is 0. The number of aryl methyl sites for hydroxylation is 1. The molecular weight excluding hydrogens is 532 g/mol. The van der Waals surface area contributed by atoms with Crippen LogP contribution in [0.15, 0.2) is 59.1 Å². The molecule has 0 spiro atoms. The summed E-state index contributed by atoms with van der Waals surface area (Å²) in [6.07, 6.45) is 4.72. The molecule has 0 saturated carbocycles. The van der Waals surface area contributed by atoms with E-state index in [0.717, 1.165) is 49.4 Å².